The summed E-state index contributed by atoms with van der Waals surface area (Å²) in [7, 11) is -2.83. The molecule has 64 valence electrons. The van der Waals surface area contributed by atoms with Gasteiger partial charge in [0, 0.05) is 6.04 Å². The summed E-state index contributed by atoms with van der Waals surface area (Å²) in [6, 6.07) is -0.0255. The Kier molecular flexibility index (Phi) is 1.64. The Bertz CT molecular complexity index is 230. The fourth-order valence-electron chi connectivity index (χ4n) is 1.46. The molecule has 0 unspecified atom stereocenters. The van der Waals surface area contributed by atoms with Crippen LogP contribution >= 0.6 is 0 Å². The lowest BCUT2D eigenvalue weighted by atomic mass is 10.2. The normalized spacial score (nSPS) is 41.8. The van der Waals surface area contributed by atoms with E-state index in [-0.39, 0.29) is 23.6 Å². The van der Waals surface area contributed by atoms with Crippen molar-refractivity contribution in [2.75, 3.05) is 18.2 Å². The summed E-state index contributed by atoms with van der Waals surface area (Å²) in [5, 5.41) is 2.97. The smallest absolute Gasteiger partial charge is 0.153 e. The largest absolute Gasteiger partial charge is 0.288 e. The Morgan fingerprint density at radius 2 is 2.00 bits per heavy atom. The lowest BCUT2D eigenvalue weighted by Gasteiger charge is -2.25. The van der Waals surface area contributed by atoms with Crippen molar-refractivity contribution in [3.63, 3.8) is 0 Å². The van der Waals surface area contributed by atoms with E-state index in [1.165, 1.54) is 0 Å². The molecule has 2 rings (SSSR count). The molecular formula is C5H10N2O3S. The van der Waals surface area contributed by atoms with Crippen LogP contribution in [-0.4, -0.2) is 38.7 Å². The average Bonchev–Trinajstić information content (AvgIpc) is 2.21. The van der Waals surface area contributed by atoms with Gasteiger partial charge in [0.1, 0.15) is 6.73 Å². The summed E-state index contributed by atoms with van der Waals surface area (Å²) in [5.41, 5.74) is 2.69. The number of sulfone groups is 1. The van der Waals surface area contributed by atoms with Gasteiger partial charge >= 0.3 is 0 Å². The molecule has 2 aliphatic rings. The zero-order valence-corrected chi connectivity index (χ0v) is 6.73. The number of hydroxylamine groups is 1. The number of fused-ring (bicyclic) bond motifs is 1. The Balaban J connectivity index is 2.15. The van der Waals surface area contributed by atoms with Crippen molar-refractivity contribution >= 4 is 9.84 Å². The molecule has 2 fully saturated rings. The molecule has 2 atom stereocenters. The van der Waals surface area contributed by atoms with E-state index in [0.717, 1.165) is 0 Å². The second kappa shape index (κ2) is 2.41. The van der Waals surface area contributed by atoms with Crippen LogP contribution in [0.25, 0.3) is 0 Å². The molecule has 0 aromatic carbocycles. The number of rotatable bonds is 0. The molecule has 2 aliphatic heterocycles. The first kappa shape index (κ1) is 7.48. The number of hydrogen-bond donors (Lipinski definition) is 2. The molecule has 0 aromatic heterocycles. The second-order valence-corrected chi connectivity index (χ2v) is 5.05. The highest BCUT2D eigenvalue weighted by molar-refractivity contribution is 7.91. The Labute approximate surface area is 65.0 Å². The average molecular weight is 178 g/mol. The molecular weight excluding hydrogens is 168 g/mol. The van der Waals surface area contributed by atoms with E-state index < -0.39 is 9.84 Å². The van der Waals surface area contributed by atoms with Crippen LogP contribution in [0.15, 0.2) is 0 Å². The summed E-state index contributed by atoms with van der Waals surface area (Å²) in [6.45, 7) is 0.386. The van der Waals surface area contributed by atoms with Gasteiger partial charge in [-0.25, -0.2) is 8.42 Å². The van der Waals surface area contributed by atoms with Gasteiger partial charge in [-0.2, -0.15) is 5.48 Å². The van der Waals surface area contributed by atoms with Crippen LogP contribution in [0.5, 0.6) is 0 Å². The Hall–Kier alpha value is -0.170. The molecule has 0 aromatic rings. The summed E-state index contributed by atoms with van der Waals surface area (Å²) >= 11 is 0. The van der Waals surface area contributed by atoms with Gasteiger partial charge in [-0.15, -0.1) is 0 Å². The minimum absolute atomic E-state index is 0.0359. The highest BCUT2D eigenvalue weighted by Gasteiger charge is 2.39. The van der Waals surface area contributed by atoms with E-state index in [2.05, 4.69) is 10.8 Å². The SMILES string of the molecule is O=S1(=O)C[C@@H]2NCON[C@H]2C1. The van der Waals surface area contributed by atoms with Gasteiger partial charge in [0.2, 0.25) is 0 Å². The summed E-state index contributed by atoms with van der Waals surface area (Å²) in [4.78, 5) is 4.85. The quantitative estimate of drug-likeness (QED) is 0.459. The molecule has 6 heteroatoms. The van der Waals surface area contributed by atoms with E-state index in [1.54, 1.807) is 0 Å². The third kappa shape index (κ3) is 1.39. The van der Waals surface area contributed by atoms with Crippen LogP contribution in [-0.2, 0) is 14.7 Å². The lowest BCUT2D eigenvalue weighted by molar-refractivity contribution is -0.0341. The molecule has 0 bridgehead atoms. The highest BCUT2D eigenvalue weighted by Crippen LogP contribution is 2.14. The van der Waals surface area contributed by atoms with Gasteiger partial charge in [-0.3, -0.25) is 10.2 Å². The fraction of sp³-hybridized carbons (Fsp3) is 1.00. The highest BCUT2D eigenvalue weighted by atomic mass is 32.2. The minimum atomic E-state index is -2.83. The van der Waals surface area contributed by atoms with Crippen molar-refractivity contribution in [3.05, 3.63) is 0 Å². The maximum atomic E-state index is 11.1. The van der Waals surface area contributed by atoms with E-state index in [0.29, 0.717) is 6.73 Å². The Morgan fingerprint density at radius 1 is 1.27 bits per heavy atom. The van der Waals surface area contributed by atoms with E-state index in [9.17, 15) is 8.42 Å². The molecule has 2 heterocycles. The molecule has 0 amide bonds. The van der Waals surface area contributed by atoms with Crippen molar-refractivity contribution in [3.8, 4) is 0 Å². The summed E-state index contributed by atoms with van der Waals surface area (Å²) in [6.07, 6.45) is 0. The van der Waals surface area contributed by atoms with E-state index in [1.807, 2.05) is 0 Å². The lowest BCUT2D eigenvalue weighted by Crippen LogP contribution is -2.53. The van der Waals surface area contributed by atoms with Crippen LogP contribution in [0, 0.1) is 0 Å². The predicted molar refractivity (Wildman–Crippen MR) is 38.5 cm³/mol. The molecule has 11 heavy (non-hydrogen) atoms. The second-order valence-electron chi connectivity index (χ2n) is 2.90. The van der Waals surface area contributed by atoms with Crippen molar-refractivity contribution in [1.29, 1.82) is 0 Å². The summed E-state index contributed by atoms with van der Waals surface area (Å²) < 4.78 is 22.1. The van der Waals surface area contributed by atoms with Crippen LogP contribution in [0.4, 0.5) is 0 Å². The molecule has 0 saturated carbocycles. The minimum Gasteiger partial charge on any atom is -0.288 e. The monoisotopic (exact) mass is 178 g/mol. The van der Waals surface area contributed by atoms with Gasteiger partial charge in [-0.05, 0) is 0 Å². The zero-order valence-electron chi connectivity index (χ0n) is 5.91. The van der Waals surface area contributed by atoms with Gasteiger partial charge < -0.3 is 0 Å². The maximum absolute atomic E-state index is 11.1. The van der Waals surface area contributed by atoms with Crippen molar-refractivity contribution < 1.29 is 13.3 Å². The molecule has 0 radical (unpaired) electrons. The van der Waals surface area contributed by atoms with Crippen LogP contribution in [0.3, 0.4) is 0 Å². The maximum Gasteiger partial charge on any atom is 0.153 e. The van der Waals surface area contributed by atoms with Gasteiger partial charge in [-0.1, -0.05) is 0 Å². The first-order valence-electron chi connectivity index (χ1n) is 3.48. The molecule has 2 N–H and O–H groups in total. The number of hydrogen-bond acceptors (Lipinski definition) is 5. The standard InChI is InChI=1S/C5H10N2O3S/c8-11(9)1-4-5(2-11)7-10-3-6-4/h4-7H,1-3H2/t4-,5-/m0/s1. The Morgan fingerprint density at radius 3 is 2.73 bits per heavy atom. The topological polar surface area (TPSA) is 67.4 Å². The van der Waals surface area contributed by atoms with Gasteiger partial charge in [0.25, 0.3) is 0 Å². The third-order valence-electron chi connectivity index (χ3n) is 2.01. The summed E-state index contributed by atoms with van der Waals surface area (Å²) in [5.74, 6) is 0.415. The molecule has 0 aliphatic carbocycles. The molecule has 2 saturated heterocycles. The zero-order chi connectivity index (χ0) is 7.90. The van der Waals surface area contributed by atoms with Crippen LogP contribution < -0.4 is 10.8 Å². The third-order valence-corrected chi connectivity index (χ3v) is 3.74. The van der Waals surface area contributed by atoms with Crippen molar-refractivity contribution in [2.45, 2.75) is 12.1 Å². The fourth-order valence-corrected chi connectivity index (χ4v) is 3.34. The van der Waals surface area contributed by atoms with Crippen LogP contribution in [0.1, 0.15) is 0 Å². The molecule has 5 nitrogen and oxygen atoms in total. The van der Waals surface area contributed by atoms with Crippen molar-refractivity contribution in [2.24, 2.45) is 0 Å². The molecule has 0 spiro atoms. The van der Waals surface area contributed by atoms with E-state index >= 15 is 0 Å². The van der Waals surface area contributed by atoms with Crippen molar-refractivity contribution in [1.82, 2.24) is 10.8 Å². The van der Waals surface area contributed by atoms with Gasteiger partial charge in [0.15, 0.2) is 9.84 Å². The predicted octanol–water partition coefficient (Wildman–Crippen LogP) is -1.77. The van der Waals surface area contributed by atoms with Gasteiger partial charge in [0.05, 0.1) is 17.5 Å². The van der Waals surface area contributed by atoms with E-state index in [4.69, 9.17) is 4.84 Å². The first-order chi connectivity index (χ1) is 5.17. The number of nitrogens with one attached hydrogen (secondary N) is 2. The first-order valence-corrected chi connectivity index (χ1v) is 5.31. The van der Waals surface area contributed by atoms with Crippen LogP contribution in [0.2, 0.25) is 0 Å².